The second-order valence-electron chi connectivity index (χ2n) is 2.80. The van der Waals surface area contributed by atoms with E-state index in [9.17, 15) is 0 Å². The van der Waals surface area contributed by atoms with Gasteiger partial charge in [0.2, 0.25) is 0 Å². The van der Waals surface area contributed by atoms with Crippen molar-refractivity contribution in [3.63, 3.8) is 0 Å². The van der Waals surface area contributed by atoms with Crippen LogP contribution in [0.1, 0.15) is 13.8 Å². The predicted octanol–water partition coefficient (Wildman–Crippen LogP) is 1.35. The Morgan fingerprint density at radius 3 is 2.55 bits per heavy atom. The molecular weight excluding hydrogens is 162 g/mol. The van der Waals surface area contributed by atoms with Gasteiger partial charge in [-0.25, -0.2) is 0 Å². The molecule has 0 saturated carbocycles. The van der Waals surface area contributed by atoms with Crippen LogP contribution in [0, 0.1) is 5.92 Å². The quantitative estimate of drug-likeness (QED) is 0.665. The zero-order valence-electron chi connectivity index (χ0n) is 7.05. The van der Waals surface area contributed by atoms with Crippen molar-refractivity contribution in [1.82, 2.24) is 5.32 Å². The molecule has 0 aliphatic heterocycles. The molecule has 2 N–H and O–H groups in total. The summed E-state index contributed by atoms with van der Waals surface area (Å²) in [6.45, 7) is 5.03. The summed E-state index contributed by atoms with van der Waals surface area (Å²) in [5, 5.41) is 12.0. The van der Waals surface area contributed by atoms with Gasteiger partial charge in [-0.1, -0.05) is 31.5 Å². The van der Waals surface area contributed by atoms with Crippen LogP contribution in [0.2, 0.25) is 0 Å². The van der Waals surface area contributed by atoms with Gasteiger partial charge in [-0.3, -0.25) is 0 Å². The Morgan fingerprint density at radius 2 is 2.18 bits per heavy atom. The van der Waals surface area contributed by atoms with Crippen LogP contribution < -0.4 is 5.32 Å². The fourth-order valence-electron chi connectivity index (χ4n) is 0.775. The van der Waals surface area contributed by atoms with E-state index in [1.165, 1.54) is 5.54 Å². The normalized spacial score (nSPS) is 14.6. The van der Waals surface area contributed by atoms with Crippen molar-refractivity contribution in [2.24, 2.45) is 5.92 Å². The van der Waals surface area contributed by atoms with Gasteiger partial charge in [0.1, 0.15) is 0 Å². The molecule has 2 nitrogen and oxygen atoms in total. The Bertz CT molecular complexity index is 115. The Balaban J connectivity index is 3.52. The summed E-state index contributed by atoms with van der Waals surface area (Å²) >= 11 is 5.32. The van der Waals surface area contributed by atoms with E-state index in [1.54, 1.807) is 0 Å². The average molecular weight is 178 g/mol. The molecule has 0 radical (unpaired) electrons. The first-order chi connectivity index (χ1) is 5.22. The van der Waals surface area contributed by atoms with Crippen LogP contribution in [-0.4, -0.2) is 24.3 Å². The lowest BCUT2D eigenvalue weighted by molar-refractivity contribution is 0.215. The zero-order chi connectivity index (χ0) is 8.69. The average Bonchev–Trinajstić information content (AvgIpc) is 1.97. The molecule has 0 bridgehead atoms. The lowest BCUT2D eigenvalue weighted by atomic mass is 10.1. The van der Waals surface area contributed by atoms with Gasteiger partial charge in [-0.15, -0.1) is 0 Å². The summed E-state index contributed by atoms with van der Waals surface area (Å²) in [7, 11) is 0. The lowest BCUT2D eigenvalue weighted by Crippen LogP contribution is -2.36. The van der Waals surface area contributed by atoms with E-state index in [-0.39, 0.29) is 12.6 Å². The fraction of sp³-hybridized carbons (Fsp3) is 0.750. The minimum absolute atomic E-state index is 0.169. The standard InChI is InChI=1S/C8H16ClNO/c1-7(2)8(6-11)10-5-3-4-9/h3-4,7-8,10-11H,5-6H2,1-2H3/b4-3+. The molecule has 0 aromatic carbocycles. The number of nitrogens with one attached hydrogen (secondary N) is 1. The number of aliphatic hydroxyl groups is 1. The van der Waals surface area contributed by atoms with Gasteiger partial charge < -0.3 is 10.4 Å². The number of aliphatic hydroxyl groups excluding tert-OH is 1. The molecule has 0 amide bonds. The van der Waals surface area contributed by atoms with Crippen LogP contribution in [-0.2, 0) is 0 Å². The van der Waals surface area contributed by atoms with Crippen molar-refractivity contribution in [1.29, 1.82) is 0 Å². The summed E-state index contributed by atoms with van der Waals surface area (Å²) < 4.78 is 0. The molecule has 0 rings (SSSR count). The molecule has 0 fully saturated rings. The van der Waals surface area contributed by atoms with Gasteiger partial charge in [-0.05, 0) is 5.92 Å². The molecule has 0 aromatic heterocycles. The zero-order valence-corrected chi connectivity index (χ0v) is 7.80. The maximum atomic E-state index is 8.88. The molecule has 0 aliphatic rings. The summed E-state index contributed by atoms with van der Waals surface area (Å²) in [4.78, 5) is 0. The van der Waals surface area contributed by atoms with Gasteiger partial charge in [-0.2, -0.15) is 0 Å². The topological polar surface area (TPSA) is 32.3 Å². The number of hydrogen-bond acceptors (Lipinski definition) is 2. The van der Waals surface area contributed by atoms with Gasteiger partial charge in [0, 0.05) is 18.1 Å². The van der Waals surface area contributed by atoms with E-state index in [4.69, 9.17) is 16.7 Å². The molecule has 0 aliphatic carbocycles. The maximum absolute atomic E-state index is 8.88. The molecule has 66 valence electrons. The van der Waals surface area contributed by atoms with Crippen LogP contribution in [0.15, 0.2) is 11.6 Å². The third-order valence-electron chi connectivity index (χ3n) is 1.59. The molecular formula is C8H16ClNO. The molecule has 11 heavy (non-hydrogen) atoms. The highest BCUT2D eigenvalue weighted by Gasteiger charge is 2.08. The number of hydrogen-bond donors (Lipinski definition) is 2. The minimum atomic E-state index is 0.169. The SMILES string of the molecule is CC(C)C(CO)NC/C=C/Cl. The largest absolute Gasteiger partial charge is 0.395 e. The minimum Gasteiger partial charge on any atom is -0.395 e. The van der Waals surface area contributed by atoms with E-state index in [1.807, 2.05) is 6.08 Å². The van der Waals surface area contributed by atoms with Crippen LogP contribution in [0.5, 0.6) is 0 Å². The Kier molecular flexibility index (Phi) is 6.62. The molecule has 1 atom stereocenters. The molecule has 1 unspecified atom stereocenters. The third-order valence-corrected chi connectivity index (χ3v) is 1.77. The van der Waals surface area contributed by atoms with Gasteiger partial charge >= 0.3 is 0 Å². The Labute approximate surface area is 73.3 Å². The first-order valence-corrected chi connectivity index (χ1v) is 4.25. The van der Waals surface area contributed by atoms with Crippen LogP contribution in [0.4, 0.5) is 0 Å². The summed E-state index contributed by atoms with van der Waals surface area (Å²) in [6.07, 6.45) is 1.81. The van der Waals surface area contributed by atoms with Crippen LogP contribution in [0.25, 0.3) is 0 Å². The van der Waals surface area contributed by atoms with E-state index >= 15 is 0 Å². The highest BCUT2D eigenvalue weighted by Crippen LogP contribution is 1.99. The smallest absolute Gasteiger partial charge is 0.0587 e. The van der Waals surface area contributed by atoms with Crippen molar-refractivity contribution in [3.8, 4) is 0 Å². The number of halogens is 1. The summed E-state index contributed by atoms with van der Waals surface area (Å²) in [5.74, 6) is 0.448. The second kappa shape index (κ2) is 6.65. The Hall–Kier alpha value is -0.0500. The van der Waals surface area contributed by atoms with Crippen molar-refractivity contribution in [3.05, 3.63) is 11.6 Å². The highest BCUT2D eigenvalue weighted by atomic mass is 35.5. The first-order valence-electron chi connectivity index (χ1n) is 3.81. The highest BCUT2D eigenvalue weighted by molar-refractivity contribution is 6.25. The first kappa shape index (κ1) is 11.0. The molecule has 0 heterocycles. The lowest BCUT2D eigenvalue weighted by Gasteiger charge is -2.18. The number of rotatable bonds is 5. The monoisotopic (exact) mass is 177 g/mol. The molecule has 0 aromatic rings. The summed E-state index contributed by atoms with van der Waals surface area (Å²) in [6, 6.07) is 0.169. The molecule has 0 spiro atoms. The van der Waals surface area contributed by atoms with E-state index in [0.29, 0.717) is 12.5 Å². The van der Waals surface area contributed by atoms with E-state index < -0.39 is 0 Å². The van der Waals surface area contributed by atoms with Gasteiger partial charge in [0.15, 0.2) is 0 Å². The van der Waals surface area contributed by atoms with Crippen molar-refractivity contribution >= 4 is 11.6 Å². The summed E-state index contributed by atoms with van der Waals surface area (Å²) in [5.41, 5.74) is 1.47. The van der Waals surface area contributed by atoms with E-state index in [2.05, 4.69) is 19.2 Å². The van der Waals surface area contributed by atoms with Gasteiger partial charge in [0.25, 0.3) is 0 Å². The van der Waals surface area contributed by atoms with Gasteiger partial charge in [0.05, 0.1) is 6.61 Å². The molecule has 0 saturated heterocycles. The van der Waals surface area contributed by atoms with Crippen molar-refractivity contribution in [2.75, 3.05) is 13.2 Å². The second-order valence-corrected chi connectivity index (χ2v) is 3.05. The van der Waals surface area contributed by atoms with Crippen molar-refractivity contribution < 1.29 is 5.11 Å². The fourth-order valence-corrected chi connectivity index (χ4v) is 0.864. The van der Waals surface area contributed by atoms with E-state index in [0.717, 1.165) is 0 Å². The maximum Gasteiger partial charge on any atom is 0.0587 e. The van der Waals surface area contributed by atoms with Crippen molar-refractivity contribution in [2.45, 2.75) is 19.9 Å². The van der Waals surface area contributed by atoms with Crippen LogP contribution >= 0.6 is 11.6 Å². The predicted molar refractivity (Wildman–Crippen MR) is 48.7 cm³/mol. The van der Waals surface area contributed by atoms with Crippen LogP contribution in [0.3, 0.4) is 0 Å². The molecule has 3 heteroatoms. The Morgan fingerprint density at radius 1 is 1.55 bits per heavy atom. The third kappa shape index (κ3) is 5.24.